The Bertz CT molecular complexity index is 408. The Morgan fingerprint density at radius 3 is 3.00 bits per heavy atom. The van der Waals surface area contributed by atoms with Gasteiger partial charge in [-0.1, -0.05) is 13.3 Å². The average Bonchev–Trinajstić information content (AvgIpc) is 2.70. The van der Waals surface area contributed by atoms with E-state index in [2.05, 4.69) is 18.3 Å². The van der Waals surface area contributed by atoms with E-state index in [-0.39, 0.29) is 11.9 Å². The number of fused-ring (bicyclic) bond motifs is 1. The number of amides is 1. The van der Waals surface area contributed by atoms with Gasteiger partial charge in [-0.25, -0.2) is 0 Å². The molecule has 1 atom stereocenters. The smallest absolute Gasteiger partial charge is 0.261 e. The van der Waals surface area contributed by atoms with Crippen molar-refractivity contribution in [1.82, 2.24) is 5.32 Å². The minimum Gasteiger partial charge on any atom is -0.349 e. The van der Waals surface area contributed by atoms with Gasteiger partial charge in [0.2, 0.25) is 0 Å². The number of carbonyl (C=O) groups is 1. The Hall–Kier alpha value is -0.830. The predicted octanol–water partition coefficient (Wildman–Crippen LogP) is 3.40. The summed E-state index contributed by atoms with van der Waals surface area (Å²) in [4.78, 5) is 14.2. The van der Waals surface area contributed by atoms with Crippen LogP contribution in [0.3, 0.4) is 0 Å². The first-order valence-corrected chi connectivity index (χ1v) is 7.34. The SMILES string of the molecule is CCC1CCc2sc(C(=O)NC(C)C)cc2C1. The largest absolute Gasteiger partial charge is 0.349 e. The van der Waals surface area contributed by atoms with Gasteiger partial charge in [0, 0.05) is 10.9 Å². The Kier molecular flexibility index (Phi) is 3.87. The molecule has 1 amide bonds. The molecule has 17 heavy (non-hydrogen) atoms. The number of rotatable bonds is 3. The lowest BCUT2D eigenvalue weighted by molar-refractivity contribution is 0.0947. The first-order valence-electron chi connectivity index (χ1n) is 6.52. The molecule has 94 valence electrons. The maximum Gasteiger partial charge on any atom is 0.261 e. The van der Waals surface area contributed by atoms with Gasteiger partial charge in [0.25, 0.3) is 5.91 Å². The molecule has 1 aromatic rings. The minimum absolute atomic E-state index is 0.0902. The molecule has 0 aromatic carbocycles. The summed E-state index contributed by atoms with van der Waals surface area (Å²) in [6, 6.07) is 2.32. The molecule has 1 aromatic heterocycles. The summed E-state index contributed by atoms with van der Waals surface area (Å²) >= 11 is 1.69. The summed E-state index contributed by atoms with van der Waals surface area (Å²) in [5.41, 5.74) is 1.42. The molecule has 1 unspecified atom stereocenters. The van der Waals surface area contributed by atoms with Crippen LogP contribution in [-0.4, -0.2) is 11.9 Å². The number of nitrogens with one attached hydrogen (secondary N) is 1. The highest BCUT2D eigenvalue weighted by molar-refractivity contribution is 7.14. The third-order valence-corrected chi connectivity index (χ3v) is 4.64. The average molecular weight is 251 g/mol. The molecule has 3 heteroatoms. The molecule has 2 rings (SSSR count). The zero-order valence-electron chi connectivity index (χ0n) is 10.9. The third-order valence-electron chi connectivity index (χ3n) is 3.41. The van der Waals surface area contributed by atoms with Crippen molar-refractivity contribution >= 4 is 17.2 Å². The van der Waals surface area contributed by atoms with Crippen LogP contribution in [0.2, 0.25) is 0 Å². The van der Waals surface area contributed by atoms with Crippen LogP contribution in [0.25, 0.3) is 0 Å². The van der Waals surface area contributed by atoms with Crippen molar-refractivity contribution in [2.75, 3.05) is 0 Å². The normalized spacial score (nSPS) is 19.2. The highest BCUT2D eigenvalue weighted by Gasteiger charge is 2.22. The topological polar surface area (TPSA) is 29.1 Å². The van der Waals surface area contributed by atoms with Gasteiger partial charge in [-0.15, -0.1) is 11.3 Å². The van der Waals surface area contributed by atoms with Gasteiger partial charge in [0.15, 0.2) is 0 Å². The lowest BCUT2D eigenvalue weighted by Crippen LogP contribution is -2.29. The maximum atomic E-state index is 11.9. The Balaban J connectivity index is 2.12. The van der Waals surface area contributed by atoms with E-state index in [0.717, 1.165) is 23.6 Å². The molecule has 1 heterocycles. The van der Waals surface area contributed by atoms with Crippen LogP contribution in [0.4, 0.5) is 0 Å². The van der Waals surface area contributed by atoms with E-state index in [1.165, 1.54) is 23.3 Å². The van der Waals surface area contributed by atoms with E-state index in [0.29, 0.717) is 0 Å². The predicted molar refractivity (Wildman–Crippen MR) is 72.7 cm³/mol. The Morgan fingerprint density at radius 2 is 2.35 bits per heavy atom. The van der Waals surface area contributed by atoms with Crippen molar-refractivity contribution in [2.24, 2.45) is 5.92 Å². The molecule has 0 spiro atoms. The molecule has 0 saturated carbocycles. The first kappa shape index (κ1) is 12.6. The van der Waals surface area contributed by atoms with Crippen LogP contribution in [0, 0.1) is 5.92 Å². The van der Waals surface area contributed by atoms with Crippen molar-refractivity contribution in [3.05, 3.63) is 21.4 Å². The number of hydrogen-bond acceptors (Lipinski definition) is 2. The number of hydrogen-bond donors (Lipinski definition) is 1. The zero-order valence-corrected chi connectivity index (χ0v) is 11.7. The zero-order chi connectivity index (χ0) is 12.4. The second-order valence-corrected chi connectivity index (χ2v) is 6.34. The van der Waals surface area contributed by atoms with E-state index >= 15 is 0 Å². The molecular weight excluding hydrogens is 230 g/mol. The van der Waals surface area contributed by atoms with Crippen molar-refractivity contribution < 1.29 is 4.79 Å². The summed E-state index contributed by atoms with van der Waals surface area (Å²) in [6.45, 7) is 6.26. The van der Waals surface area contributed by atoms with Crippen molar-refractivity contribution in [3.8, 4) is 0 Å². The van der Waals surface area contributed by atoms with Crippen molar-refractivity contribution in [3.63, 3.8) is 0 Å². The van der Waals surface area contributed by atoms with Crippen LogP contribution in [0.5, 0.6) is 0 Å². The highest BCUT2D eigenvalue weighted by atomic mass is 32.1. The molecule has 0 radical (unpaired) electrons. The van der Waals surface area contributed by atoms with Gasteiger partial charge >= 0.3 is 0 Å². The fourth-order valence-corrected chi connectivity index (χ4v) is 3.50. The van der Waals surface area contributed by atoms with Crippen molar-refractivity contribution in [2.45, 2.75) is 52.5 Å². The second-order valence-electron chi connectivity index (χ2n) is 5.20. The second kappa shape index (κ2) is 5.21. The number of thiophene rings is 1. The van der Waals surface area contributed by atoms with Gasteiger partial charge in [-0.05, 0) is 50.7 Å². The monoisotopic (exact) mass is 251 g/mol. The van der Waals surface area contributed by atoms with Gasteiger partial charge in [-0.2, -0.15) is 0 Å². The quantitative estimate of drug-likeness (QED) is 0.876. The summed E-state index contributed by atoms with van der Waals surface area (Å²) in [5.74, 6) is 0.908. The van der Waals surface area contributed by atoms with Crippen LogP contribution < -0.4 is 5.32 Å². The van der Waals surface area contributed by atoms with Crippen LogP contribution in [-0.2, 0) is 12.8 Å². The molecule has 0 saturated heterocycles. The minimum atomic E-state index is 0.0902. The maximum absolute atomic E-state index is 11.9. The molecule has 1 N–H and O–H groups in total. The molecule has 2 nitrogen and oxygen atoms in total. The molecule has 1 aliphatic rings. The molecule has 0 aliphatic heterocycles. The van der Waals surface area contributed by atoms with Crippen LogP contribution >= 0.6 is 11.3 Å². The van der Waals surface area contributed by atoms with Crippen LogP contribution in [0.15, 0.2) is 6.07 Å². The molecule has 0 fully saturated rings. The molecular formula is C14H21NOS. The Labute approximate surface area is 107 Å². The summed E-state index contributed by atoms with van der Waals surface area (Å²) in [7, 11) is 0. The standard InChI is InChI=1S/C14H21NOS/c1-4-10-5-6-12-11(7-10)8-13(17-12)14(16)15-9(2)3/h8-10H,4-7H2,1-3H3,(H,15,16). The fraction of sp³-hybridized carbons (Fsp3) is 0.643. The summed E-state index contributed by atoms with van der Waals surface area (Å²) in [6.07, 6.45) is 4.86. The Morgan fingerprint density at radius 1 is 1.59 bits per heavy atom. The third kappa shape index (κ3) is 2.89. The fourth-order valence-electron chi connectivity index (χ4n) is 2.39. The van der Waals surface area contributed by atoms with Crippen molar-refractivity contribution in [1.29, 1.82) is 0 Å². The number of carbonyl (C=O) groups excluding carboxylic acids is 1. The van der Waals surface area contributed by atoms with E-state index in [1.807, 2.05) is 13.8 Å². The van der Waals surface area contributed by atoms with Gasteiger partial charge in [0.1, 0.15) is 0 Å². The lowest BCUT2D eigenvalue weighted by Gasteiger charge is -2.19. The summed E-state index contributed by atoms with van der Waals surface area (Å²) < 4.78 is 0. The highest BCUT2D eigenvalue weighted by Crippen LogP contribution is 2.33. The molecule has 1 aliphatic carbocycles. The van der Waals surface area contributed by atoms with Crippen LogP contribution in [0.1, 0.15) is 53.7 Å². The first-order chi connectivity index (χ1) is 8.10. The van der Waals surface area contributed by atoms with E-state index in [9.17, 15) is 4.79 Å². The van der Waals surface area contributed by atoms with E-state index in [1.54, 1.807) is 11.3 Å². The van der Waals surface area contributed by atoms with Gasteiger partial charge < -0.3 is 5.32 Å². The van der Waals surface area contributed by atoms with Gasteiger partial charge in [0.05, 0.1) is 4.88 Å². The van der Waals surface area contributed by atoms with E-state index < -0.39 is 0 Å². The molecule has 0 bridgehead atoms. The lowest BCUT2D eigenvalue weighted by atomic mass is 9.87. The summed E-state index contributed by atoms with van der Waals surface area (Å²) in [5, 5.41) is 2.96. The van der Waals surface area contributed by atoms with E-state index in [4.69, 9.17) is 0 Å². The number of aryl methyl sites for hydroxylation is 1. The van der Waals surface area contributed by atoms with Gasteiger partial charge in [-0.3, -0.25) is 4.79 Å².